The van der Waals surface area contributed by atoms with Crippen molar-refractivity contribution in [1.29, 1.82) is 0 Å². The Morgan fingerprint density at radius 2 is 1.06 bits per heavy atom. The summed E-state index contributed by atoms with van der Waals surface area (Å²) in [4.78, 5) is 11.8. The van der Waals surface area contributed by atoms with Gasteiger partial charge in [0.05, 0.1) is 5.92 Å². The Morgan fingerprint density at radius 3 is 1.53 bits per heavy atom. The van der Waals surface area contributed by atoms with Crippen molar-refractivity contribution in [3.63, 3.8) is 0 Å². The first-order valence-corrected chi connectivity index (χ1v) is 14.8. The summed E-state index contributed by atoms with van der Waals surface area (Å²) in [6, 6.07) is 0. The minimum Gasteiger partial charge on any atom is -0.481 e. The fourth-order valence-electron chi connectivity index (χ4n) is 5.17. The average molecular weight is 453 g/mol. The summed E-state index contributed by atoms with van der Waals surface area (Å²) in [5.41, 5.74) is 0. The highest BCUT2D eigenvalue weighted by Crippen LogP contribution is 2.28. The maximum atomic E-state index is 11.8. The maximum Gasteiger partial charge on any atom is 0.306 e. The third-order valence-corrected chi connectivity index (χ3v) is 7.44. The van der Waals surface area contributed by atoms with Crippen molar-refractivity contribution < 1.29 is 9.90 Å². The summed E-state index contributed by atoms with van der Waals surface area (Å²) in [6.07, 6.45) is 28.5. The quantitative estimate of drug-likeness (QED) is 0.140. The Morgan fingerprint density at radius 1 is 0.562 bits per heavy atom. The van der Waals surface area contributed by atoms with E-state index in [0.29, 0.717) is 11.8 Å². The van der Waals surface area contributed by atoms with Crippen molar-refractivity contribution in [2.24, 2.45) is 17.8 Å². The molecule has 3 unspecified atom stereocenters. The molecule has 0 bridgehead atoms. The Bertz CT molecular complexity index is 392. The van der Waals surface area contributed by atoms with Crippen molar-refractivity contribution in [3.8, 4) is 0 Å². The van der Waals surface area contributed by atoms with Crippen LogP contribution in [0.3, 0.4) is 0 Å². The van der Waals surface area contributed by atoms with Crippen LogP contribution in [0.15, 0.2) is 0 Å². The molecule has 0 saturated heterocycles. The van der Waals surface area contributed by atoms with Crippen molar-refractivity contribution in [1.82, 2.24) is 0 Å². The van der Waals surface area contributed by atoms with Gasteiger partial charge in [0, 0.05) is 0 Å². The van der Waals surface area contributed by atoms with Crippen LogP contribution in [0.1, 0.15) is 169 Å². The lowest BCUT2D eigenvalue weighted by Gasteiger charge is -2.22. The molecule has 0 aliphatic carbocycles. The zero-order valence-electron chi connectivity index (χ0n) is 22.6. The Labute approximate surface area is 202 Å². The highest BCUT2D eigenvalue weighted by molar-refractivity contribution is 5.69. The third kappa shape index (κ3) is 20.1. The van der Waals surface area contributed by atoms with Crippen molar-refractivity contribution in [2.45, 2.75) is 169 Å². The molecule has 0 fully saturated rings. The van der Waals surface area contributed by atoms with E-state index in [0.717, 1.165) is 19.3 Å². The van der Waals surface area contributed by atoms with Crippen molar-refractivity contribution in [3.05, 3.63) is 0 Å². The van der Waals surface area contributed by atoms with E-state index in [1.165, 1.54) is 122 Å². The smallest absolute Gasteiger partial charge is 0.306 e. The highest BCUT2D eigenvalue weighted by Gasteiger charge is 2.22. The van der Waals surface area contributed by atoms with E-state index < -0.39 is 5.97 Å². The number of rotatable bonds is 25. The minimum atomic E-state index is -0.559. The number of carboxylic acid groups (broad SMARTS) is 1. The van der Waals surface area contributed by atoms with Gasteiger partial charge in [-0.2, -0.15) is 0 Å². The number of aliphatic carboxylic acids is 1. The van der Waals surface area contributed by atoms with Crippen LogP contribution in [0.25, 0.3) is 0 Å². The number of hydrogen-bond acceptors (Lipinski definition) is 1. The number of hydrogen-bond donors (Lipinski definition) is 1. The van der Waals surface area contributed by atoms with Gasteiger partial charge in [0.15, 0.2) is 0 Å². The lowest BCUT2D eigenvalue weighted by atomic mass is 9.83. The predicted octanol–water partition coefficient (Wildman–Crippen LogP) is 10.6. The molecule has 0 aromatic heterocycles. The molecule has 0 amide bonds. The van der Waals surface area contributed by atoms with Crippen LogP contribution in [0.5, 0.6) is 0 Å². The van der Waals surface area contributed by atoms with Crippen LogP contribution in [0, 0.1) is 17.8 Å². The maximum absolute atomic E-state index is 11.8. The van der Waals surface area contributed by atoms with E-state index >= 15 is 0 Å². The molecule has 2 nitrogen and oxygen atoms in total. The fourth-order valence-corrected chi connectivity index (χ4v) is 5.17. The van der Waals surface area contributed by atoms with E-state index in [-0.39, 0.29) is 5.92 Å². The third-order valence-electron chi connectivity index (χ3n) is 7.44. The zero-order chi connectivity index (χ0) is 23.9. The van der Waals surface area contributed by atoms with Crippen molar-refractivity contribution in [2.75, 3.05) is 0 Å². The van der Waals surface area contributed by atoms with Crippen LogP contribution >= 0.6 is 0 Å². The second-order valence-electron chi connectivity index (χ2n) is 10.8. The molecule has 1 N–H and O–H groups in total. The van der Waals surface area contributed by atoms with Crippen LogP contribution in [-0.2, 0) is 4.79 Å². The summed E-state index contributed by atoms with van der Waals surface area (Å²) >= 11 is 0. The van der Waals surface area contributed by atoms with Gasteiger partial charge < -0.3 is 5.11 Å². The standard InChI is InChI=1S/C30H60O2/c1-5-8-10-11-12-13-14-15-16-17-18-19-20-22-27(4)24-25-29(30(31)32)26-28(21-7-3)23-9-6-2/h27-29H,5-26H2,1-4H3,(H,31,32). The first kappa shape index (κ1) is 31.5. The molecule has 0 rings (SSSR count). The van der Waals surface area contributed by atoms with Gasteiger partial charge in [-0.25, -0.2) is 0 Å². The first-order valence-electron chi connectivity index (χ1n) is 14.8. The molecule has 0 aliphatic rings. The van der Waals surface area contributed by atoms with Crippen LogP contribution in [0.4, 0.5) is 0 Å². The molecule has 0 radical (unpaired) electrons. The van der Waals surface area contributed by atoms with Gasteiger partial charge in [-0.1, -0.05) is 150 Å². The molecule has 0 saturated carbocycles. The minimum absolute atomic E-state index is 0.127. The van der Waals surface area contributed by atoms with E-state index in [2.05, 4.69) is 27.7 Å². The zero-order valence-corrected chi connectivity index (χ0v) is 22.6. The van der Waals surface area contributed by atoms with Gasteiger partial charge in [0.1, 0.15) is 0 Å². The molecule has 0 heterocycles. The van der Waals surface area contributed by atoms with E-state index in [1.54, 1.807) is 0 Å². The second-order valence-corrected chi connectivity index (χ2v) is 10.8. The van der Waals surface area contributed by atoms with Crippen molar-refractivity contribution >= 4 is 5.97 Å². The van der Waals surface area contributed by atoms with Gasteiger partial charge in [-0.3, -0.25) is 4.79 Å². The average Bonchev–Trinajstić information content (AvgIpc) is 2.77. The van der Waals surface area contributed by atoms with Gasteiger partial charge >= 0.3 is 5.97 Å². The van der Waals surface area contributed by atoms with E-state index in [1.807, 2.05) is 0 Å². The van der Waals surface area contributed by atoms with Crippen LogP contribution in [0.2, 0.25) is 0 Å². The Hall–Kier alpha value is -0.530. The van der Waals surface area contributed by atoms with E-state index in [9.17, 15) is 9.90 Å². The number of carbonyl (C=O) groups is 1. The Balaban J connectivity index is 3.76. The summed E-state index contributed by atoms with van der Waals surface area (Å²) < 4.78 is 0. The summed E-state index contributed by atoms with van der Waals surface area (Å²) in [5.74, 6) is 0.593. The molecule has 0 aromatic carbocycles. The molecule has 0 aromatic rings. The number of unbranched alkanes of at least 4 members (excludes halogenated alkanes) is 13. The van der Waals surface area contributed by atoms with Crippen LogP contribution < -0.4 is 0 Å². The molecular formula is C30H60O2. The van der Waals surface area contributed by atoms with Gasteiger partial charge in [-0.15, -0.1) is 0 Å². The number of carboxylic acids is 1. The normalized spacial score (nSPS) is 14.4. The summed E-state index contributed by atoms with van der Waals surface area (Å²) in [5, 5.41) is 9.73. The molecule has 0 aliphatic heterocycles. The monoisotopic (exact) mass is 452 g/mol. The van der Waals surface area contributed by atoms with Gasteiger partial charge in [-0.05, 0) is 31.1 Å². The van der Waals surface area contributed by atoms with Gasteiger partial charge in [0.2, 0.25) is 0 Å². The lowest BCUT2D eigenvalue weighted by Crippen LogP contribution is -2.19. The molecule has 192 valence electrons. The Kier molecular flexibility index (Phi) is 23.2. The lowest BCUT2D eigenvalue weighted by molar-refractivity contribution is -0.142. The largest absolute Gasteiger partial charge is 0.481 e. The van der Waals surface area contributed by atoms with Crippen LogP contribution in [-0.4, -0.2) is 11.1 Å². The SMILES string of the molecule is CCCCCCCCCCCCCCCC(C)CCC(CC(CCC)CCCC)C(=O)O. The van der Waals surface area contributed by atoms with E-state index in [4.69, 9.17) is 0 Å². The second kappa shape index (κ2) is 23.6. The molecule has 0 spiro atoms. The highest BCUT2D eigenvalue weighted by atomic mass is 16.4. The predicted molar refractivity (Wildman–Crippen MR) is 142 cm³/mol. The van der Waals surface area contributed by atoms with Gasteiger partial charge in [0.25, 0.3) is 0 Å². The molecule has 32 heavy (non-hydrogen) atoms. The first-order chi connectivity index (χ1) is 15.5. The fraction of sp³-hybridized carbons (Fsp3) is 0.967. The topological polar surface area (TPSA) is 37.3 Å². The summed E-state index contributed by atoms with van der Waals surface area (Å²) in [7, 11) is 0. The molecular weight excluding hydrogens is 392 g/mol. The summed E-state index contributed by atoms with van der Waals surface area (Å²) in [6.45, 7) is 9.08. The molecule has 3 atom stereocenters. The molecule has 2 heteroatoms.